The lowest BCUT2D eigenvalue weighted by molar-refractivity contribution is -0.137. The summed E-state index contributed by atoms with van der Waals surface area (Å²) in [6.45, 7) is 1.02. The topological polar surface area (TPSA) is 51.7 Å². The summed E-state index contributed by atoms with van der Waals surface area (Å²) in [6, 6.07) is 9.09. The molecule has 0 spiro atoms. The third kappa shape index (κ3) is 5.29. The number of thioether (sulfide) groups is 1. The number of hydrogen-bond donors (Lipinski definition) is 0. The highest BCUT2D eigenvalue weighted by Gasteiger charge is 2.25. The Kier molecular flexibility index (Phi) is 6.62. The summed E-state index contributed by atoms with van der Waals surface area (Å²) in [6.07, 6.45) is 1.17. The van der Waals surface area contributed by atoms with E-state index < -0.39 is 17.7 Å². The lowest BCUT2D eigenvalue weighted by Gasteiger charge is -2.32. The fourth-order valence-corrected chi connectivity index (χ4v) is 4.20. The Balaban J connectivity index is 1.34. The molecule has 1 amide bonds. The number of pyridine rings is 1. The van der Waals surface area contributed by atoms with Crippen molar-refractivity contribution in [1.29, 1.82) is 0 Å². The second kappa shape index (κ2) is 9.57. The Bertz CT molecular complexity index is 1100. The smallest absolute Gasteiger partial charge is 0.233 e. The highest BCUT2D eigenvalue weighted by molar-refractivity contribution is 8.00. The van der Waals surface area contributed by atoms with Crippen molar-refractivity contribution in [1.82, 2.24) is 9.88 Å². The number of benzene rings is 2. The first-order chi connectivity index (χ1) is 15.0. The van der Waals surface area contributed by atoms with Gasteiger partial charge in [-0.25, -0.2) is 13.2 Å². The first kappa shape index (κ1) is 21.5. The van der Waals surface area contributed by atoms with E-state index in [0.29, 0.717) is 24.1 Å². The van der Waals surface area contributed by atoms with Crippen molar-refractivity contribution in [3.8, 4) is 5.75 Å². The molecule has 1 aliphatic heterocycles. The maximum absolute atomic E-state index is 13.7. The molecule has 1 aliphatic rings. The van der Waals surface area contributed by atoms with Gasteiger partial charge in [0.2, 0.25) is 5.91 Å². The summed E-state index contributed by atoms with van der Waals surface area (Å²) in [5.74, 6) is -1.75. The number of amides is 1. The van der Waals surface area contributed by atoms with Gasteiger partial charge in [-0.1, -0.05) is 0 Å². The van der Waals surface area contributed by atoms with Crippen molar-refractivity contribution >= 4 is 28.6 Å². The van der Waals surface area contributed by atoms with Gasteiger partial charge in [-0.15, -0.1) is 11.8 Å². The van der Waals surface area contributed by atoms with E-state index in [-0.39, 0.29) is 36.4 Å². The monoisotopic (exact) mass is 448 g/mol. The number of ether oxygens (including phenoxy) is 2. The van der Waals surface area contributed by atoms with Crippen LogP contribution in [0.1, 0.15) is 0 Å². The molecule has 5 nitrogen and oxygen atoms in total. The minimum atomic E-state index is -0.664. The number of fused-ring (bicyclic) bond motifs is 1. The number of hydrogen-bond acceptors (Lipinski definition) is 5. The van der Waals surface area contributed by atoms with Crippen LogP contribution in [0.25, 0.3) is 10.9 Å². The number of carbonyl (C=O) groups excluding carboxylic acids is 1. The zero-order chi connectivity index (χ0) is 21.8. The van der Waals surface area contributed by atoms with Crippen LogP contribution in [0.3, 0.4) is 0 Å². The largest absolute Gasteiger partial charge is 0.488 e. The molecule has 0 radical (unpaired) electrons. The van der Waals surface area contributed by atoms with Gasteiger partial charge >= 0.3 is 0 Å². The zero-order valence-electron chi connectivity index (χ0n) is 16.4. The van der Waals surface area contributed by atoms with E-state index in [9.17, 15) is 18.0 Å². The van der Waals surface area contributed by atoms with Crippen molar-refractivity contribution in [3.63, 3.8) is 0 Å². The Morgan fingerprint density at radius 1 is 1.16 bits per heavy atom. The average molecular weight is 448 g/mol. The number of carbonyl (C=O) groups is 1. The summed E-state index contributed by atoms with van der Waals surface area (Å²) in [5.41, 5.74) is 0.659. The molecule has 3 aromatic rings. The molecule has 31 heavy (non-hydrogen) atoms. The molecule has 1 saturated heterocycles. The molecule has 162 valence electrons. The minimum Gasteiger partial charge on any atom is -0.488 e. The summed E-state index contributed by atoms with van der Waals surface area (Å²) in [5, 5.41) is 0.658. The molecule has 2 aromatic carbocycles. The second-order valence-corrected chi connectivity index (χ2v) is 7.99. The molecule has 2 heterocycles. The van der Waals surface area contributed by atoms with E-state index in [0.717, 1.165) is 23.1 Å². The van der Waals surface area contributed by atoms with Gasteiger partial charge < -0.3 is 14.4 Å². The Hall–Kier alpha value is -2.78. The van der Waals surface area contributed by atoms with Crippen molar-refractivity contribution in [2.75, 3.05) is 32.1 Å². The molecule has 1 atom stereocenters. The van der Waals surface area contributed by atoms with E-state index >= 15 is 0 Å². The third-order valence-electron chi connectivity index (χ3n) is 4.82. The summed E-state index contributed by atoms with van der Waals surface area (Å²) in [7, 11) is 0. The molecular formula is C22H19F3N2O3S. The Labute approximate surface area is 181 Å². The number of nitrogens with zero attached hydrogens (tertiary/aromatic N) is 2. The molecule has 0 saturated carbocycles. The van der Waals surface area contributed by atoms with Crippen molar-refractivity contribution in [2.24, 2.45) is 0 Å². The van der Waals surface area contributed by atoms with E-state index in [1.54, 1.807) is 23.2 Å². The highest BCUT2D eigenvalue weighted by Crippen LogP contribution is 2.27. The SMILES string of the molecule is O=C(CSc1ccnc2ccc(F)cc12)N1CCOC(COc2cc(F)ccc2F)C1. The normalized spacial score (nSPS) is 16.5. The maximum Gasteiger partial charge on any atom is 0.233 e. The van der Waals surface area contributed by atoms with Gasteiger partial charge in [0, 0.05) is 29.1 Å². The standard InChI is InChI=1S/C22H19F3N2O3S/c23-14-2-4-19-17(9-14)21(5-6-26-19)31-13-22(28)27-7-8-29-16(11-27)12-30-20-10-15(24)1-3-18(20)25/h1-6,9-10,16H,7-8,11-13H2. The number of rotatable bonds is 6. The highest BCUT2D eigenvalue weighted by atomic mass is 32.2. The number of morpholine rings is 1. The van der Waals surface area contributed by atoms with Gasteiger partial charge in [0.25, 0.3) is 0 Å². The van der Waals surface area contributed by atoms with Crippen LogP contribution in [-0.2, 0) is 9.53 Å². The number of aromatic nitrogens is 1. The van der Waals surface area contributed by atoms with E-state index in [4.69, 9.17) is 9.47 Å². The molecule has 1 aromatic heterocycles. The predicted molar refractivity (Wildman–Crippen MR) is 111 cm³/mol. The van der Waals surface area contributed by atoms with E-state index in [1.165, 1.54) is 23.9 Å². The van der Waals surface area contributed by atoms with Crippen LogP contribution < -0.4 is 4.74 Å². The Morgan fingerprint density at radius 3 is 2.84 bits per heavy atom. The first-order valence-electron chi connectivity index (χ1n) is 9.64. The van der Waals surface area contributed by atoms with Crippen molar-refractivity contribution < 1.29 is 27.4 Å². The van der Waals surface area contributed by atoms with Gasteiger partial charge in [0.15, 0.2) is 11.6 Å². The van der Waals surface area contributed by atoms with Crippen LogP contribution >= 0.6 is 11.8 Å². The minimum absolute atomic E-state index is 0.00837. The average Bonchev–Trinajstić information content (AvgIpc) is 2.78. The lowest BCUT2D eigenvalue weighted by Crippen LogP contribution is -2.48. The second-order valence-electron chi connectivity index (χ2n) is 6.98. The van der Waals surface area contributed by atoms with E-state index in [2.05, 4.69) is 4.98 Å². The molecule has 0 aliphatic carbocycles. The maximum atomic E-state index is 13.7. The summed E-state index contributed by atoms with van der Waals surface area (Å²) < 4.78 is 51.5. The third-order valence-corrected chi connectivity index (χ3v) is 5.88. The van der Waals surface area contributed by atoms with Gasteiger partial charge in [0.05, 0.1) is 24.4 Å². The molecule has 9 heteroatoms. The Morgan fingerprint density at radius 2 is 1.97 bits per heavy atom. The van der Waals surface area contributed by atoms with Gasteiger partial charge in [-0.05, 0) is 36.4 Å². The van der Waals surface area contributed by atoms with Crippen molar-refractivity contribution in [3.05, 3.63) is 66.1 Å². The van der Waals surface area contributed by atoms with Crippen LogP contribution in [0.5, 0.6) is 5.75 Å². The van der Waals surface area contributed by atoms with Gasteiger partial charge in [0.1, 0.15) is 24.3 Å². The van der Waals surface area contributed by atoms with Crippen LogP contribution in [0.2, 0.25) is 0 Å². The van der Waals surface area contributed by atoms with Crippen LogP contribution in [0.15, 0.2) is 53.6 Å². The quantitative estimate of drug-likeness (QED) is 0.533. The van der Waals surface area contributed by atoms with Crippen molar-refractivity contribution in [2.45, 2.75) is 11.0 Å². The molecule has 0 N–H and O–H groups in total. The van der Waals surface area contributed by atoms with Crippen LogP contribution in [0, 0.1) is 17.5 Å². The molecule has 0 bridgehead atoms. The fraction of sp³-hybridized carbons (Fsp3) is 0.273. The van der Waals surface area contributed by atoms with Gasteiger partial charge in [-0.2, -0.15) is 0 Å². The molecular weight excluding hydrogens is 429 g/mol. The zero-order valence-corrected chi connectivity index (χ0v) is 17.2. The predicted octanol–water partition coefficient (Wildman–Crippen LogP) is 4.05. The molecule has 1 fully saturated rings. The summed E-state index contributed by atoms with van der Waals surface area (Å²) in [4.78, 5) is 19.3. The fourth-order valence-electron chi connectivity index (χ4n) is 3.27. The van der Waals surface area contributed by atoms with Crippen LogP contribution in [-0.4, -0.2) is 54.0 Å². The van der Waals surface area contributed by atoms with Gasteiger partial charge in [-0.3, -0.25) is 9.78 Å². The first-order valence-corrected chi connectivity index (χ1v) is 10.6. The molecule has 4 rings (SSSR count). The summed E-state index contributed by atoms with van der Waals surface area (Å²) >= 11 is 1.31. The molecule has 1 unspecified atom stereocenters. The van der Waals surface area contributed by atoms with E-state index in [1.807, 2.05) is 0 Å². The lowest BCUT2D eigenvalue weighted by atomic mass is 10.2. The van der Waals surface area contributed by atoms with Crippen LogP contribution in [0.4, 0.5) is 13.2 Å². The number of halogens is 3.